The summed E-state index contributed by atoms with van der Waals surface area (Å²) >= 11 is 1.78. The number of aromatic nitrogens is 5. The van der Waals surface area contributed by atoms with Crippen molar-refractivity contribution in [2.75, 3.05) is 5.75 Å². The molecule has 1 amide bonds. The molecule has 9 nitrogen and oxygen atoms in total. The van der Waals surface area contributed by atoms with E-state index in [0.29, 0.717) is 5.56 Å². The maximum Gasteiger partial charge on any atom is 0.266 e. The topological polar surface area (TPSA) is 124 Å². The third-order valence-electron chi connectivity index (χ3n) is 5.21. The van der Waals surface area contributed by atoms with Gasteiger partial charge in [-0.1, -0.05) is 43.3 Å². The lowest BCUT2D eigenvalue weighted by molar-refractivity contribution is 0.0953. The molecule has 5 rings (SSSR count). The summed E-state index contributed by atoms with van der Waals surface area (Å²) in [7, 11) is 0. The molecule has 0 aliphatic heterocycles. The average Bonchev–Trinajstić information content (AvgIpc) is 3.40. The molecule has 3 N–H and O–H groups in total. The summed E-state index contributed by atoms with van der Waals surface area (Å²) in [6.45, 7) is 6.12. The lowest BCUT2D eigenvalue weighted by Crippen LogP contribution is -2.29. The van der Waals surface area contributed by atoms with Gasteiger partial charge in [-0.05, 0) is 68.1 Å². The Morgan fingerprint density at radius 3 is 2.12 bits per heavy atom. The number of nitrogen functional groups attached to an aromatic ring is 1. The van der Waals surface area contributed by atoms with E-state index in [1.807, 2.05) is 96.6 Å². The van der Waals surface area contributed by atoms with E-state index < -0.39 is 0 Å². The second kappa shape index (κ2) is 16.3. The maximum absolute atomic E-state index is 10.7. The maximum atomic E-state index is 10.7. The number of nitrogens with two attached hydrogens (primary N) is 1. The Balaban J connectivity index is 0.000000175. The van der Waals surface area contributed by atoms with Crippen LogP contribution in [0.3, 0.4) is 0 Å². The van der Waals surface area contributed by atoms with E-state index in [1.54, 1.807) is 42.5 Å². The third-order valence-corrected chi connectivity index (χ3v) is 6.01. The number of thioether (sulfide) groups is 1. The summed E-state index contributed by atoms with van der Waals surface area (Å²) < 4.78 is 2.02. The number of amides is 1. The molecule has 0 saturated carbocycles. The second-order valence-corrected chi connectivity index (χ2v) is 9.55. The van der Waals surface area contributed by atoms with Crippen molar-refractivity contribution in [2.45, 2.75) is 20.8 Å². The van der Waals surface area contributed by atoms with Crippen molar-refractivity contribution in [3.05, 3.63) is 121 Å². The lowest BCUT2D eigenvalue weighted by Gasteiger charge is -2.07. The predicted octanol–water partition coefficient (Wildman–Crippen LogP) is 5.81. The highest BCUT2D eigenvalue weighted by Gasteiger charge is 2.12. The SMILES string of the molecule is CCSC(C)=Nc1ccccc1.Cc1nnc(-c2cccnc2)n1-c1ccccc1.NNC(=O)c1cccnc1. The van der Waals surface area contributed by atoms with Gasteiger partial charge in [-0.3, -0.25) is 24.8 Å². The number of para-hydroxylation sites is 2. The predicted molar refractivity (Wildman–Crippen MR) is 163 cm³/mol. The number of aryl methyl sites for hydroxylation is 1. The third kappa shape index (κ3) is 9.26. The number of aliphatic imine (C=N–C) groups is 1. The van der Waals surface area contributed by atoms with Crippen LogP contribution in [-0.4, -0.2) is 41.4 Å². The van der Waals surface area contributed by atoms with E-state index in [9.17, 15) is 4.79 Å². The summed E-state index contributed by atoms with van der Waals surface area (Å²) in [5.74, 6) is 7.31. The van der Waals surface area contributed by atoms with E-state index in [2.05, 4.69) is 32.1 Å². The van der Waals surface area contributed by atoms with Crippen LogP contribution in [-0.2, 0) is 0 Å². The average molecular weight is 553 g/mol. The molecule has 40 heavy (non-hydrogen) atoms. The molecule has 0 aliphatic rings. The molecular formula is C30H32N8OS. The van der Waals surface area contributed by atoms with Crippen molar-refractivity contribution in [3.63, 3.8) is 0 Å². The first kappa shape index (κ1) is 29.9. The number of pyridine rings is 2. The van der Waals surface area contributed by atoms with Gasteiger partial charge in [-0.25, -0.2) is 10.8 Å². The first-order chi connectivity index (χ1) is 19.5. The number of carbonyl (C=O) groups excluding carboxylic acids is 1. The number of rotatable bonds is 5. The van der Waals surface area contributed by atoms with Gasteiger partial charge < -0.3 is 0 Å². The highest BCUT2D eigenvalue weighted by molar-refractivity contribution is 8.13. The van der Waals surface area contributed by atoms with Crippen LogP contribution in [0.1, 0.15) is 30.0 Å². The Morgan fingerprint density at radius 1 is 0.900 bits per heavy atom. The summed E-state index contributed by atoms with van der Waals surface area (Å²) in [6, 6.07) is 27.3. The molecule has 0 spiro atoms. The van der Waals surface area contributed by atoms with Crippen LogP contribution >= 0.6 is 11.8 Å². The van der Waals surface area contributed by atoms with Gasteiger partial charge in [0.25, 0.3) is 5.91 Å². The molecule has 2 aromatic carbocycles. The quantitative estimate of drug-likeness (QED) is 0.0926. The molecule has 3 heterocycles. The van der Waals surface area contributed by atoms with Crippen LogP contribution in [0, 0.1) is 6.92 Å². The standard InChI is InChI=1S/C14H12N4.C10H13NS.C6H7N3O/c1-11-16-17-14(12-6-5-9-15-10-12)18(11)13-7-3-2-4-8-13;1-3-12-9(2)11-10-7-5-4-6-8-10;7-9-6(10)5-2-1-3-8-4-5/h2-10H,1H3;4-8H,3H2,1-2H3;1-4H,7H2,(H,9,10). The number of nitrogens with one attached hydrogen (secondary N) is 1. The molecule has 0 atom stereocenters. The van der Waals surface area contributed by atoms with Crippen molar-refractivity contribution in [1.82, 2.24) is 30.2 Å². The first-order valence-electron chi connectivity index (χ1n) is 12.6. The molecule has 0 saturated heterocycles. The van der Waals surface area contributed by atoms with Gasteiger partial charge in [0.05, 0.1) is 16.3 Å². The van der Waals surface area contributed by atoms with Gasteiger partial charge in [0, 0.05) is 36.0 Å². The molecule has 0 fully saturated rings. The van der Waals surface area contributed by atoms with Gasteiger partial charge in [0.2, 0.25) is 0 Å². The first-order valence-corrected chi connectivity index (χ1v) is 13.5. The molecule has 5 aromatic rings. The highest BCUT2D eigenvalue weighted by Crippen LogP contribution is 2.21. The summed E-state index contributed by atoms with van der Waals surface area (Å²) in [5.41, 5.74) is 5.52. The van der Waals surface area contributed by atoms with Crippen molar-refractivity contribution in [3.8, 4) is 17.1 Å². The minimum Gasteiger partial charge on any atom is -0.290 e. The lowest BCUT2D eigenvalue weighted by atomic mass is 10.2. The largest absolute Gasteiger partial charge is 0.290 e. The monoisotopic (exact) mass is 552 g/mol. The molecule has 0 unspecified atom stereocenters. The van der Waals surface area contributed by atoms with Crippen molar-refractivity contribution >= 4 is 28.4 Å². The number of hydrogen-bond donors (Lipinski definition) is 2. The number of nitrogens with zero attached hydrogens (tertiary/aromatic N) is 6. The van der Waals surface area contributed by atoms with Crippen LogP contribution in [0.2, 0.25) is 0 Å². The van der Waals surface area contributed by atoms with E-state index in [-0.39, 0.29) is 5.91 Å². The van der Waals surface area contributed by atoms with E-state index in [0.717, 1.165) is 39.4 Å². The van der Waals surface area contributed by atoms with Crippen LogP contribution in [0.15, 0.2) is 115 Å². The van der Waals surface area contributed by atoms with Gasteiger partial charge in [-0.15, -0.1) is 22.0 Å². The minimum atomic E-state index is -0.326. The number of carbonyl (C=O) groups is 1. The fraction of sp³-hybridized carbons (Fsp3) is 0.133. The zero-order valence-electron chi connectivity index (χ0n) is 22.7. The Kier molecular flexibility index (Phi) is 12.2. The normalized spacial score (nSPS) is 10.4. The van der Waals surface area contributed by atoms with Gasteiger partial charge >= 0.3 is 0 Å². The summed E-state index contributed by atoms with van der Waals surface area (Å²) in [4.78, 5) is 23.0. The Morgan fingerprint density at radius 2 is 1.55 bits per heavy atom. The zero-order valence-corrected chi connectivity index (χ0v) is 23.5. The molecule has 0 aliphatic carbocycles. The Bertz CT molecular complexity index is 1460. The van der Waals surface area contributed by atoms with Gasteiger partial charge in [0.1, 0.15) is 5.82 Å². The molecule has 0 bridgehead atoms. The second-order valence-electron chi connectivity index (χ2n) is 8.10. The fourth-order valence-electron chi connectivity index (χ4n) is 3.44. The van der Waals surface area contributed by atoms with Crippen LogP contribution < -0.4 is 11.3 Å². The van der Waals surface area contributed by atoms with Crippen molar-refractivity contribution in [1.29, 1.82) is 0 Å². The van der Waals surface area contributed by atoms with E-state index in [1.165, 1.54) is 6.20 Å². The molecule has 10 heteroatoms. The van der Waals surface area contributed by atoms with Crippen molar-refractivity contribution in [2.24, 2.45) is 10.8 Å². The smallest absolute Gasteiger partial charge is 0.266 e. The van der Waals surface area contributed by atoms with Crippen LogP contribution in [0.5, 0.6) is 0 Å². The van der Waals surface area contributed by atoms with Gasteiger partial charge in [0.15, 0.2) is 5.82 Å². The minimum absolute atomic E-state index is 0.326. The van der Waals surface area contributed by atoms with Crippen molar-refractivity contribution < 1.29 is 4.79 Å². The molecule has 3 aromatic heterocycles. The molecule has 204 valence electrons. The number of hydrazine groups is 1. The van der Waals surface area contributed by atoms with E-state index in [4.69, 9.17) is 5.84 Å². The van der Waals surface area contributed by atoms with E-state index >= 15 is 0 Å². The Labute approximate surface area is 238 Å². The van der Waals surface area contributed by atoms with Crippen LogP contribution in [0.25, 0.3) is 17.1 Å². The molecule has 0 radical (unpaired) electrons. The fourth-order valence-corrected chi connectivity index (χ4v) is 4.02. The highest BCUT2D eigenvalue weighted by atomic mass is 32.2. The zero-order chi connectivity index (χ0) is 28.6. The summed E-state index contributed by atoms with van der Waals surface area (Å²) in [5, 5.41) is 9.52. The van der Waals surface area contributed by atoms with Gasteiger partial charge in [-0.2, -0.15) is 0 Å². The number of hydrogen-bond acceptors (Lipinski definition) is 8. The van der Waals surface area contributed by atoms with Crippen LogP contribution in [0.4, 0.5) is 5.69 Å². The number of benzene rings is 2. The molecular weight excluding hydrogens is 520 g/mol. The summed E-state index contributed by atoms with van der Waals surface area (Å²) in [6.07, 6.45) is 6.58. The Hall–Kier alpha value is -4.67.